The second-order valence-electron chi connectivity index (χ2n) is 5.00. The van der Waals surface area contributed by atoms with Crippen LogP contribution in [0.15, 0.2) is 24.3 Å². The summed E-state index contributed by atoms with van der Waals surface area (Å²) < 4.78 is 5.67. The van der Waals surface area contributed by atoms with Crippen molar-refractivity contribution in [2.45, 2.75) is 38.8 Å². The van der Waals surface area contributed by atoms with E-state index in [0.717, 1.165) is 31.9 Å². The molecule has 3 nitrogen and oxygen atoms in total. The molecule has 1 saturated heterocycles. The van der Waals surface area contributed by atoms with E-state index in [4.69, 9.17) is 10.5 Å². The molecule has 4 heteroatoms. The minimum absolute atomic E-state index is 0. The van der Waals surface area contributed by atoms with Crippen LogP contribution in [0.5, 0.6) is 5.75 Å². The van der Waals surface area contributed by atoms with E-state index in [-0.39, 0.29) is 12.4 Å². The van der Waals surface area contributed by atoms with Crippen LogP contribution >= 0.6 is 12.4 Å². The largest absolute Gasteiger partial charge is 0.494 e. The number of likely N-dealkylation sites (tertiary alicyclic amines) is 1. The zero-order valence-electron chi connectivity index (χ0n) is 11.7. The van der Waals surface area contributed by atoms with Crippen LogP contribution in [-0.4, -0.2) is 30.6 Å². The standard InChI is InChI=1S/C15H24N2O.ClH/c1-2-9-18-15-7-3-5-13(10-15)12-17-8-4-6-14(17)11-16;/h3,5,7,10,14H,2,4,6,8-9,11-12,16H2,1H3;1H. The first-order valence-corrected chi connectivity index (χ1v) is 6.99. The fourth-order valence-electron chi connectivity index (χ4n) is 2.56. The van der Waals surface area contributed by atoms with Crippen LogP contribution in [0, 0.1) is 0 Å². The van der Waals surface area contributed by atoms with E-state index in [2.05, 4.69) is 30.0 Å². The minimum atomic E-state index is 0. The lowest BCUT2D eigenvalue weighted by atomic mass is 10.1. The highest BCUT2D eigenvalue weighted by atomic mass is 35.5. The van der Waals surface area contributed by atoms with Crippen LogP contribution in [0.25, 0.3) is 0 Å². The highest BCUT2D eigenvalue weighted by Gasteiger charge is 2.22. The normalized spacial score (nSPS) is 19.2. The summed E-state index contributed by atoms with van der Waals surface area (Å²) in [4.78, 5) is 2.49. The fraction of sp³-hybridized carbons (Fsp3) is 0.600. The van der Waals surface area contributed by atoms with E-state index in [0.29, 0.717) is 6.04 Å². The number of nitrogens with two attached hydrogens (primary N) is 1. The van der Waals surface area contributed by atoms with Crippen molar-refractivity contribution < 1.29 is 4.74 Å². The lowest BCUT2D eigenvalue weighted by molar-refractivity contribution is 0.249. The Bertz CT molecular complexity index is 373. The molecule has 0 radical (unpaired) electrons. The molecule has 108 valence electrons. The van der Waals surface area contributed by atoms with Crippen LogP contribution in [0.3, 0.4) is 0 Å². The van der Waals surface area contributed by atoms with E-state index in [1.54, 1.807) is 0 Å². The van der Waals surface area contributed by atoms with Gasteiger partial charge in [0.15, 0.2) is 0 Å². The second-order valence-corrected chi connectivity index (χ2v) is 5.00. The fourth-order valence-corrected chi connectivity index (χ4v) is 2.56. The van der Waals surface area contributed by atoms with Gasteiger partial charge in [-0.15, -0.1) is 12.4 Å². The van der Waals surface area contributed by atoms with Gasteiger partial charge in [-0.1, -0.05) is 19.1 Å². The summed E-state index contributed by atoms with van der Waals surface area (Å²) in [7, 11) is 0. The van der Waals surface area contributed by atoms with Crippen LogP contribution in [0.4, 0.5) is 0 Å². The molecule has 1 fully saturated rings. The summed E-state index contributed by atoms with van der Waals surface area (Å²) in [6, 6.07) is 8.99. The Labute approximate surface area is 122 Å². The van der Waals surface area contributed by atoms with Crippen molar-refractivity contribution in [3.8, 4) is 5.75 Å². The SMILES string of the molecule is CCCOc1cccc(CN2CCCC2CN)c1.Cl. The molecule has 1 aromatic carbocycles. The maximum Gasteiger partial charge on any atom is 0.119 e. The molecule has 1 atom stereocenters. The lowest BCUT2D eigenvalue weighted by Gasteiger charge is -2.23. The summed E-state index contributed by atoms with van der Waals surface area (Å²) in [5.41, 5.74) is 7.13. The number of hydrogen-bond acceptors (Lipinski definition) is 3. The predicted molar refractivity (Wildman–Crippen MR) is 82.0 cm³/mol. The van der Waals surface area contributed by atoms with Gasteiger partial charge in [0.1, 0.15) is 5.75 Å². The summed E-state index contributed by atoms with van der Waals surface area (Å²) >= 11 is 0. The number of halogens is 1. The molecule has 1 aliphatic rings. The van der Waals surface area contributed by atoms with Crippen molar-refractivity contribution in [3.05, 3.63) is 29.8 Å². The molecule has 19 heavy (non-hydrogen) atoms. The van der Waals surface area contributed by atoms with Crippen molar-refractivity contribution in [3.63, 3.8) is 0 Å². The van der Waals surface area contributed by atoms with Crippen LogP contribution in [0.1, 0.15) is 31.7 Å². The monoisotopic (exact) mass is 284 g/mol. The molecule has 1 aliphatic heterocycles. The molecule has 0 aliphatic carbocycles. The Morgan fingerprint density at radius 1 is 1.42 bits per heavy atom. The van der Waals surface area contributed by atoms with E-state index in [1.807, 2.05) is 6.07 Å². The highest BCUT2D eigenvalue weighted by Crippen LogP contribution is 2.21. The Morgan fingerprint density at radius 3 is 3.00 bits per heavy atom. The summed E-state index contributed by atoms with van der Waals surface area (Å²) in [6.07, 6.45) is 3.56. The van der Waals surface area contributed by atoms with E-state index >= 15 is 0 Å². The van der Waals surface area contributed by atoms with Gasteiger partial charge in [0, 0.05) is 19.1 Å². The van der Waals surface area contributed by atoms with Gasteiger partial charge in [-0.3, -0.25) is 4.90 Å². The van der Waals surface area contributed by atoms with Crippen molar-refractivity contribution >= 4 is 12.4 Å². The third-order valence-corrected chi connectivity index (χ3v) is 3.53. The first kappa shape index (κ1) is 16.3. The van der Waals surface area contributed by atoms with Crippen molar-refractivity contribution in [1.29, 1.82) is 0 Å². The zero-order chi connectivity index (χ0) is 12.8. The van der Waals surface area contributed by atoms with E-state index in [1.165, 1.54) is 24.9 Å². The Hall–Kier alpha value is -0.770. The Kier molecular flexibility index (Phi) is 7.21. The third-order valence-electron chi connectivity index (χ3n) is 3.53. The van der Waals surface area contributed by atoms with Crippen molar-refractivity contribution in [2.24, 2.45) is 5.73 Å². The molecule has 2 rings (SSSR count). The number of benzene rings is 1. The molecule has 1 heterocycles. The van der Waals surface area contributed by atoms with E-state index in [9.17, 15) is 0 Å². The van der Waals surface area contributed by atoms with E-state index < -0.39 is 0 Å². The number of nitrogens with zero attached hydrogens (tertiary/aromatic N) is 1. The summed E-state index contributed by atoms with van der Waals surface area (Å²) in [5, 5.41) is 0. The van der Waals surface area contributed by atoms with Crippen LogP contribution < -0.4 is 10.5 Å². The Balaban J connectivity index is 0.00000180. The van der Waals surface area contributed by atoms with Crippen molar-refractivity contribution in [2.75, 3.05) is 19.7 Å². The first-order valence-electron chi connectivity index (χ1n) is 6.99. The minimum Gasteiger partial charge on any atom is -0.494 e. The van der Waals surface area contributed by atoms with Gasteiger partial charge < -0.3 is 10.5 Å². The Morgan fingerprint density at radius 2 is 2.26 bits per heavy atom. The number of hydrogen-bond donors (Lipinski definition) is 1. The third kappa shape index (κ3) is 4.68. The quantitative estimate of drug-likeness (QED) is 0.873. The van der Waals surface area contributed by atoms with Crippen molar-refractivity contribution in [1.82, 2.24) is 4.90 Å². The molecular formula is C15H25ClN2O. The van der Waals surface area contributed by atoms with Gasteiger partial charge >= 0.3 is 0 Å². The maximum atomic E-state index is 5.81. The second kappa shape index (κ2) is 8.41. The molecule has 0 bridgehead atoms. The topological polar surface area (TPSA) is 38.5 Å². The molecule has 1 unspecified atom stereocenters. The molecule has 1 aromatic rings. The highest BCUT2D eigenvalue weighted by molar-refractivity contribution is 5.85. The predicted octanol–water partition coefficient (Wildman–Crippen LogP) is 2.82. The molecular weight excluding hydrogens is 260 g/mol. The average Bonchev–Trinajstić information content (AvgIpc) is 2.84. The lowest BCUT2D eigenvalue weighted by Crippen LogP contribution is -2.34. The average molecular weight is 285 g/mol. The molecule has 0 amide bonds. The molecule has 2 N–H and O–H groups in total. The van der Waals surface area contributed by atoms with Gasteiger partial charge in [0.2, 0.25) is 0 Å². The van der Waals surface area contributed by atoms with Gasteiger partial charge in [-0.25, -0.2) is 0 Å². The first-order chi connectivity index (χ1) is 8.83. The molecule has 0 aromatic heterocycles. The maximum absolute atomic E-state index is 5.81. The van der Waals surface area contributed by atoms with Crippen LogP contribution in [-0.2, 0) is 6.54 Å². The summed E-state index contributed by atoms with van der Waals surface area (Å²) in [6.45, 7) is 5.84. The smallest absolute Gasteiger partial charge is 0.119 e. The number of ether oxygens (including phenoxy) is 1. The molecule has 0 spiro atoms. The van der Waals surface area contributed by atoms with Gasteiger partial charge in [0.05, 0.1) is 6.61 Å². The van der Waals surface area contributed by atoms with Gasteiger partial charge in [-0.2, -0.15) is 0 Å². The number of rotatable bonds is 6. The zero-order valence-corrected chi connectivity index (χ0v) is 12.5. The van der Waals surface area contributed by atoms with Crippen LogP contribution in [0.2, 0.25) is 0 Å². The summed E-state index contributed by atoms with van der Waals surface area (Å²) in [5.74, 6) is 0.984. The molecule has 0 saturated carbocycles. The van der Waals surface area contributed by atoms with Gasteiger partial charge in [0.25, 0.3) is 0 Å². The van der Waals surface area contributed by atoms with Gasteiger partial charge in [-0.05, 0) is 43.5 Å².